The van der Waals surface area contributed by atoms with Crippen LogP contribution in [0.4, 0.5) is 5.69 Å². The standard InChI is InChI=1S/C13H21N3.ClH/c1-11(14)12-3-5-13(6-4-12)16-9-7-15(2)8-10-16;/h3-6,11H,7-10,14H2,1-2H3;1H/t11-;/m1./s1. The maximum Gasteiger partial charge on any atom is 0.0367 e. The third kappa shape index (κ3) is 3.60. The van der Waals surface area contributed by atoms with E-state index < -0.39 is 0 Å². The van der Waals surface area contributed by atoms with Crippen molar-refractivity contribution >= 4 is 18.1 Å². The normalized spacial score (nSPS) is 18.6. The first-order chi connectivity index (χ1) is 7.66. The number of hydrogen-bond acceptors (Lipinski definition) is 3. The Morgan fingerprint density at radius 3 is 2.06 bits per heavy atom. The summed E-state index contributed by atoms with van der Waals surface area (Å²) in [5.41, 5.74) is 8.36. The van der Waals surface area contributed by atoms with Crippen LogP contribution in [0.25, 0.3) is 0 Å². The summed E-state index contributed by atoms with van der Waals surface area (Å²) in [5, 5.41) is 0. The molecule has 1 heterocycles. The topological polar surface area (TPSA) is 32.5 Å². The smallest absolute Gasteiger partial charge is 0.0367 e. The lowest BCUT2D eigenvalue weighted by atomic mass is 10.1. The van der Waals surface area contributed by atoms with Crippen molar-refractivity contribution in [2.45, 2.75) is 13.0 Å². The van der Waals surface area contributed by atoms with E-state index in [4.69, 9.17) is 5.73 Å². The lowest BCUT2D eigenvalue weighted by Gasteiger charge is -2.34. The molecule has 2 N–H and O–H groups in total. The third-order valence-electron chi connectivity index (χ3n) is 3.29. The van der Waals surface area contributed by atoms with Gasteiger partial charge in [-0.3, -0.25) is 0 Å². The highest BCUT2D eigenvalue weighted by atomic mass is 35.5. The summed E-state index contributed by atoms with van der Waals surface area (Å²) in [6.07, 6.45) is 0. The van der Waals surface area contributed by atoms with Crippen LogP contribution in [0.1, 0.15) is 18.5 Å². The molecule has 4 heteroatoms. The van der Waals surface area contributed by atoms with Gasteiger partial charge in [0, 0.05) is 37.9 Å². The van der Waals surface area contributed by atoms with Gasteiger partial charge in [0.25, 0.3) is 0 Å². The van der Waals surface area contributed by atoms with Crippen molar-refractivity contribution in [3.05, 3.63) is 29.8 Å². The maximum absolute atomic E-state index is 5.84. The molecule has 0 radical (unpaired) electrons. The fraction of sp³-hybridized carbons (Fsp3) is 0.538. The average Bonchev–Trinajstić information content (AvgIpc) is 2.30. The molecule has 1 aliphatic rings. The van der Waals surface area contributed by atoms with E-state index in [2.05, 4.69) is 41.1 Å². The summed E-state index contributed by atoms with van der Waals surface area (Å²) < 4.78 is 0. The quantitative estimate of drug-likeness (QED) is 0.876. The van der Waals surface area contributed by atoms with Gasteiger partial charge in [-0.25, -0.2) is 0 Å². The van der Waals surface area contributed by atoms with Gasteiger partial charge in [0.05, 0.1) is 0 Å². The van der Waals surface area contributed by atoms with E-state index in [1.165, 1.54) is 11.3 Å². The Balaban J connectivity index is 0.00000144. The molecule has 0 amide bonds. The third-order valence-corrected chi connectivity index (χ3v) is 3.29. The summed E-state index contributed by atoms with van der Waals surface area (Å²) in [7, 11) is 2.18. The van der Waals surface area contributed by atoms with E-state index in [0.29, 0.717) is 0 Å². The number of likely N-dealkylation sites (N-methyl/N-ethyl adjacent to an activating group) is 1. The second kappa shape index (κ2) is 6.24. The second-order valence-electron chi connectivity index (χ2n) is 4.67. The number of nitrogens with two attached hydrogens (primary N) is 1. The van der Waals surface area contributed by atoms with Crippen LogP contribution in [-0.4, -0.2) is 38.1 Å². The first-order valence-corrected chi connectivity index (χ1v) is 5.96. The second-order valence-corrected chi connectivity index (χ2v) is 4.67. The van der Waals surface area contributed by atoms with Crippen molar-refractivity contribution in [1.82, 2.24) is 4.90 Å². The highest BCUT2D eigenvalue weighted by molar-refractivity contribution is 5.85. The van der Waals surface area contributed by atoms with E-state index in [-0.39, 0.29) is 18.4 Å². The fourth-order valence-corrected chi connectivity index (χ4v) is 2.05. The molecule has 1 aromatic carbocycles. The number of benzene rings is 1. The zero-order chi connectivity index (χ0) is 11.5. The molecule has 0 saturated carbocycles. The Bertz CT molecular complexity index is 329. The van der Waals surface area contributed by atoms with Crippen molar-refractivity contribution in [3.63, 3.8) is 0 Å². The number of hydrogen-bond donors (Lipinski definition) is 1. The molecule has 2 rings (SSSR count). The Morgan fingerprint density at radius 1 is 1.06 bits per heavy atom. The molecule has 0 unspecified atom stereocenters. The first-order valence-electron chi connectivity index (χ1n) is 5.96. The Hall–Kier alpha value is -0.770. The average molecular weight is 256 g/mol. The zero-order valence-electron chi connectivity index (χ0n) is 10.6. The van der Waals surface area contributed by atoms with Gasteiger partial charge in [0.15, 0.2) is 0 Å². The highest BCUT2D eigenvalue weighted by Gasteiger charge is 2.13. The van der Waals surface area contributed by atoms with Crippen molar-refractivity contribution in [2.24, 2.45) is 5.73 Å². The minimum absolute atomic E-state index is 0. The molecule has 1 atom stereocenters. The Labute approximate surface area is 110 Å². The zero-order valence-corrected chi connectivity index (χ0v) is 11.4. The van der Waals surface area contributed by atoms with Gasteiger partial charge >= 0.3 is 0 Å². The summed E-state index contributed by atoms with van der Waals surface area (Å²) in [6.45, 7) is 6.55. The van der Waals surface area contributed by atoms with Crippen LogP contribution < -0.4 is 10.6 Å². The predicted molar refractivity (Wildman–Crippen MR) is 76.0 cm³/mol. The van der Waals surface area contributed by atoms with E-state index in [0.717, 1.165) is 26.2 Å². The van der Waals surface area contributed by atoms with E-state index in [1.807, 2.05) is 6.92 Å². The molecule has 17 heavy (non-hydrogen) atoms. The van der Waals surface area contributed by atoms with E-state index in [1.54, 1.807) is 0 Å². The number of anilines is 1. The summed E-state index contributed by atoms with van der Waals surface area (Å²) in [4.78, 5) is 4.80. The van der Waals surface area contributed by atoms with Crippen molar-refractivity contribution in [3.8, 4) is 0 Å². The summed E-state index contributed by atoms with van der Waals surface area (Å²) >= 11 is 0. The van der Waals surface area contributed by atoms with Crippen LogP contribution in [0.2, 0.25) is 0 Å². The van der Waals surface area contributed by atoms with Crippen LogP contribution in [0.3, 0.4) is 0 Å². The summed E-state index contributed by atoms with van der Waals surface area (Å²) in [5.74, 6) is 0. The molecule has 1 aromatic rings. The highest BCUT2D eigenvalue weighted by Crippen LogP contribution is 2.19. The predicted octanol–water partition coefficient (Wildman–Crippen LogP) is 1.88. The number of halogens is 1. The number of piperazine rings is 1. The minimum atomic E-state index is 0. The molecular weight excluding hydrogens is 234 g/mol. The molecular formula is C13H22ClN3. The fourth-order valence-electron chi connectivity index (χ4n) is 2.05. The Morgan fingerprint density at radius 2 is 1.59 bits per heavy atom. The molecule has 0 bridgehead atoms. The van der Waals surface area contributed by atoms with Gasteiger partial charge in [-0.1, -0.05) is 12.1 Å². The molecule has 0 aliphatic carbocycles. The molecule has 1 aliphatic heterocycles. The number of nitrogens with zero attached hydrogens (tertiary/aromatic N) is 2. The van der Waals surface area contributed by atoms with Crippen molar-refractivity contribution in [1.29, 1.82) is 0 Å². The van der Waals surface area contributed by atoms with Crippen LogP contribution in [0.15, 0.2) is 24.3 Å². The molecule has 3 nitrogen and oxygen atoms in total. The summed E-state index contributed by atoms with van der Waals surface area (Å²) in [6, 6.07) is 8.77. The molecule has 1 fully saturated rings. The largest absolute Gasteiger partial charge is 0.369 e. The molecule has 0 spiro atoms. The first kappa shape index (κ1) is 14.3. The molecule has 1 saturated heterocycles. The van der Waals surface area contributed by atoms with Gasteiger partial charge in [0.1, 0.15) is 0 Å². The van der Waals surface area contributed by atoms with Gasteiger partial charge in [-0.2, -0.15) is 0 Å². The minimum Gasteiger partial charge on any atom is -0.369 e. The lowest BCUT2D eigenvalue weighted by Crippen LogP contribution is -2.44. The maximum atomic E-state index is 5.84. The van der Waals surface area contributed by atoms with Crippen molar-refractivity contribution in [2.75, 3.05) is 38.1 Å². The number of rotatable bonds is 2. The molecule has 96 valence electrons. The van der Waals surface area contributed by atoms with Gasteiger partial charge < -0.3 is 15.5 Å². The van der Waals surface area contributed by atoms with Crippen LogP contribution in [-0.2, 0) is 0 Å². The van der Waals surface area contributed by atoms with Crippen molar-refractivity contribution < 1.29 is 0 Å². The lowest BCUT2D eigenvalue weighted by molar-refractivity contribution is 0.313. The monoisotopic (exact) mass is 255 g/mol. The SMILES string of the molecule is C[C@@H](N)c1ccc(N2CCN(C)CC2)cc1.Cl. The van der Waals surface area contributed by atoms with Gasteiger partial charge in [-0.05, 0) is 31.7 Å². The van der Waals surface area contributed by atoms with E-state index >= 15 is 0 Å². The Kier molecular flexibility index (Phi) is 5.25. The van der Waals surface area contributed by atoms with E-state index in [9.17, 15) is 0 Å². The molecule has 0 aromatic heterocycles. The van der Waals surface area contributed by atoms with Gasteiger partial charge in [-0.15, -0.1) is 12.4 Å². The van der Waals surface area contributed by atoms with Crippen LogP contribution in [0.5, 0.6) is 0 Å². The van der Waals surface area contributed by atoms with Gasteiger partial charge in [0.2, 0.25) is 0 Å². The van der Waals surface area contributed by atoms with Crippen LogP contribution in [0, 0.1) is 0 Å². The van der Waals surface area contributed by atoms with Crippen LogP contribution >= 0.6 is 12.4 Å².